The summed E-state index contributed by atoms with van der Waals surface area (Å²) in [6, 6.07) is 5.52. The highest BCUT2D eigenvalue weighted by Gasteiger charge is 2.43. The van der Waals surface area contributed by atoms with E-state index in [0.29, 0.717) is 35.2 Å². The molecule has 1 N–H and O–H groups in total. The summed E-state index contributed by atoms with van der Waals surface area (Å²) in [5.41, 5.74) is -1.04. The van der Waals surface area contributed by atoms with Gasteiger partial charge in [-0.15, -0.1) is 0 Å². The molecule has 0 saturated carbocycles. The van der Waals surface area contributed by atoms with Crippen LogP contribution in [0, 0.1) is 0 Å². The molecule has 1 fully saturated rings. The maximum Gasteiger partial charge on any atom is 0.305 e. The maximum absolute atomic E-state index is 11.1. The Kier molecular flexibility index (Phi) is 5.55. The molecule has 1 atom stereocenters. The van der Waals surface area contributed by atoms with Crippen molar-refractivity contribution < 1.29 is 14.6 Å². The van der Waals surface area contributed by atoms with Crippen LogP contribution in [-0.2, 0) is 9.53 Å². The number of hydrogen-bond acceptors (Lipinski definition) is 6. The zero-order chi connectivity index (χ0) is 15.3. The molecule has 2 rings (SSSR count). The average molecular weight is 326 g/mol. The molecular weight excluding hydrogens is 308 g/mol. The number of aliphatic hydroxyl groups is 1. The SMILES string of the molecule is COC(=O)CCCCC1(O)CSC(=S)N1c1ccccn1. The lowest BCUT2D eigenvalue weighted by atomic mass is 10.0. The number of esters is 1. The summed E-state index contributed by atoms with van der Waals surface area (Å²) in [5, 5.41) is 10.9. The Hall–Kier alpha value is -1.18. The highest BCUT2D eigenvalue weighted by molar-refractivity contribution is 8.23. The van der Waals surface area contributed by atoms with Crippen molar-refractivity contribution in [2.24, 2.45) is 0 Å². The van der Waals surface area contributed by atoms with Crippen molar-refractivity contribution in [3.05, 3.63) is 24.4 Å². The van der Waals surface area contributed by atoms with E-state index >= 15 is 0 Å². The quantitative estimate of drug-likeness (QED) is 0.489. The smallest absolute Gasteiger partial charge is 0.305 e. The lowest BCUT2D eigenvalue weighted by molar-refractivity contribution is -0.140. The van der Waals surface area contributed by atoms with Crippen LogP contribution in [0.5, 0.6) is 0 Å². The van der Waals surface area contributed by atoms with Crippen molar-refractivity contribution in [1.82, 2.24) is 4.98 Å². The summed E-state index contributed by atoms with van der Waals surface area (Å²) in [6.07, 6.45) is 3.99. The van der Waals surface area contributed by atoms with Gasteiger partial charge in [0, 0.05) is 18.4 Å². The summed E-state index contributed by atoms with van der Waals surface area (Å²) in [6.45, 7) is 0. The van der Waals surface area contributed by atoms with E-state index in [4.69, 9.17) is 12.2 Å². The standard InChI is InChI=1S/C14H18N2O3S2/c1-19-12(17)7-2-4-8-14(18)10-21-13(20)16(14)11-6-3-5-9-15-11/h3,5-6,9,18H,2,4,7-8,10H2,1H3. The van der Waals surface area contributed by atoms with E-state index in [1.807, 2.05) is 18.2 Å². The molecule has 2 heterocycles. The molecule has 0 bridgehead atoms. The van der Waals surface area contributed by atoms with Crippen LogP contribution in [0.15, 0.2) is 24.4 Å². The number of anilines is 1. The molecular formula is C14H18N2O3S2. The van der Waals surface area contributed by atoms with Gasteiger partial charge >= 0.3 is 5.97 Å². The third kappa shape index (κ3) is 3.93. The molecule has 7 heteroatoms. The van der Waals surface area contributed by atoms with Gasteiger partial charge in [0.1, 0.15) is 10.1 Å². The van der Waals surface area contributed by atoms with Crippen LogP contribution in [-0.4, -0.2) is 39.0 Å². The van der Waals surface area contributed by atoms with Crippen molar-refractivity contribution in [2.45, 2.75) is 31.4 Å². The van der Waals surface area contributed by atoms with Gasteiger partial charge in [-0.1, -0.05) is 30.0 Å². The first-order valence-electron chi connectivity index (χ1n) is 6.74. The Bertz CT molecular complexity index is 512. The summed E-state index contributed by atoms with van der Waals surface area (Å²) in [5.74, 6) is 0.948. The zero-order valence-electron chi connectivity index (χ0n) is 11.8. The fraction of sp³-hybridized carbons (Fsp3) is 0.500. The second-order valence-electron chi connectivity index (χ2n) is 4.84. The number of nitrogens with zero attached hydrogens (tertiary/aromatic N) is 2. The Labute approximate surface area is 133 Å². The fourth-order valence-corrected chi connectivity index (χ4v) is 3.69. The number of pyridine rings is 1. The van der Waals surface area contributed by atoms with E-state index < -0.39 is 5.72 Å². The molecule has 0 aliphatic carbocycles. The predicted molar refractivity (Wildman–Crippen MR) is 87.2 cm³/mol. The van der Waals surface area contributed by atoms with Crippen molar-refractivity contribution in [3.8, 4) is 0 Å². The number of carbonyl (C=O) groups is 1. The van der Waals surface area contributed by atoms with E-state index in [9.17, 15) is 9.90 Å². The largest absolute Gasteiger partial charge is 0.469 e. The van der Waals surface area contributed by atoms with Crippen LogP contribution in [0.4, 0.5) is 5.82 Å². The van der Waals surface area contributed by atoms with Crippen molar-refractivity contribution in [2.75, 3.05) is 17.8 Å². The maximum atomic E-state index is 11.1. The number of carbonyl (C=O) groups excluding carboxylic acids is 1. The zero-order valence-corrected chi connectivity index (χ0v) is 13.5. The molecule has 1 aliphatic heterocycles. The van der Waals surface area contributed by atoms with Gasteiger partial charge in [-0.05, 0) is 31.4 Å². The number of thioether (sulfide) groups is 1. The lowest BCUT2D eigenvalue weighted by Gasteiger charge is -2.33. The molecule has 1 unspecified atom stereocenters. The minimum Gasteiger partial charge on any atom is -0.469 e. The Balaban J connectivity index is 1.99. The first-order chi connectivity index (χ1) is 10.1. The van der Waals surface area contributed by atoms with Gasteiger partial charge in [0.25, 0.3) is 0 Å². The Morgan fingerprint density at radius 3 is 3.05 bits per heavy atom. The lowest BCUT2D eigenvalue weighted by Crippen LogP contribution is -2.47. The number of rotatable bonds is 6. The normalized spacial score (nSPS) is 21.6. The van der Waals surface area contributed by atoms with Crippen LogP contribution in [0.2, 0.25) is 0 Å². The Morgan fingerprint density at radius 2 is 2.38 bits per heavy atom. The second-order valence-corrected chi connectivity index (χ2v) is 6.45. The molecule has 0 radical (unpaired) electrons. The van der Waals surface area contributed by atoms with E-state index in [2.05, 4.69) is 9.72 Å². The van der Waals surface area contributed by atoms with Gasteiger partial charge in [-0.25, -0.2) is 4.98 Å². The first kappa shape index (κ1) is 16.2. The number of thiocarbonyl (C=S) groups is 1. The molecule has 1 saturated heterocycles. The minimum atomic E-state index is -1.04. The number of unbranched alkanes of at least 4 members (excludes halogenated alkanes) is 1. The fourth-order valence-electron chi connectivity index (χ4n) is 2.23. The predicted octanol–water partition coefficient (Wildman–Crippen LogP) is 2.34. The third-order valence-corrected chi connectivity index (χ3v) is 4.91. The average Bonchev–Trinajstić information content (AvgIpc) is 2.80. The van der Waals surface area contributed by atoms with Crippen molar-refractivity contribution in [1.29, 1.82) is 0 Å². The van der Waals surface area contributed by atoms with Gasteiger partial charge in [0.2, 0.25) is 0 Å². The van der Waals surface area contributed by atoms with Gasteiger partial charge in [-0.3, -0.25) is 9.69 Å². The number of hydrogen-bond donors (Lipinski definition) is 1. The molecule has 5 nitrogen and oxygen atoms in total. The second kappa shape index (κ2) is 7.20. The highest BCUT2D eigenvalue weighted by Crippen LogP contribution is 2.38. The van der Waals surface area contributed by atoms with Crippen LogP contribution in [0.1, 0.15) is 25.7 Å². The number of ether oxygens (including phenoxy) is 1. The summed E-state index contributed by atoms with van der Waals surface area (Å²) in [4.78, 5) is 17.1. The summed E-state index contributed by atoms with van der Waals surface area (Å²) >= 11 is 6.78. The monoisotopic (exact) mass is 326 g/mol. The first-order valence-corrected chi connectivity index (χ1v) is 8.13. The molecule has 1 aromatic rings. The highest BCUT2D eigenvalue weighted by atomic mass is 32.2. The van der Waals surface area contributed by atoms with Crippen LogP contribution >= 0.6 is 24.0 Å². The van der Waals surface area contributed by atoms with Gasteiger partial charge in [0.05, 0.1) is 7.11 Å². The van der Waals surface area contributed by atoms with E-state index in [-0.39, 0.29) is 5.97 Å². The number of aromatic nitrogens is 1. The van der Waals surface area contributed by atoms with Crippen molar-refractivity contribution >= 4 is 40.1 Å². The molecule has 0 aromatic carbocycles. The molecule has 114 valence electrons. The molecule has 0 spiro atoms. The van der Waals surface area contributed by atoms with Gasteiger partial charge < -0.3 is 9.84 Å². The number of methoxy groups -OCH3 is 1. The van der Waals surface area contributed by atoms with E-state index in [1.165, 1.54) is 18.9 Å². The van der Waals surface area contributed by atoms with Crippen LogP contribution < -0.4 is 4.90 Å². The summed E-state index contributed by atoms with van der Waals surface area (Å²) in [7, 11) is 1.38. The minimum absolute atomic E-state index is 0.222. The van der Waals surface area contributed by atoms with Crippen LogP contribution in [0.3, 0.4) is 0 Å². The van der Waals surface area contributed by atoms with Crippen LogP contribution in [0.25, 0.3) is 0 Å². The van der Waals surface area contributed by atoms with Crippen molar-refractivity contribution in [3.63, 3.8) is 0 Å². The van der Waals surface area contributed by atoms with Gasteiger partial charge in [-0.2, -0.15) is 0 Å². The van der Waals surface area contributed by atoms with Gasteiger partial charge in [0.15, 0.2) is 5.72 Å². The molecule has 21 heavy (non-hydrogen) atoms. The summed E-state index contributed by atoms with van der Waals surface area (Å²) < 4.78 is 5.24. The molecule has 0 amide bonds. The molecule has 1 aliphatic rings. The molecule has 1 aromatic heterocycles. The third-order valence-electron chi connectivity index (χ3n) is 3.34. The topological polar surface area (TPSA) is 62.7 Å². The van der Waals surface area contributed by atoms with E-state index in [1.54, 1.807) is 11.1 Å². The van der Waals surface area contributed by atoms with E-state index in [0.717, 1.165) is 6.42 Å². The Morgan fingerprint density at radius 1 is 1.57 bits per heavy atom.